The third-order valence-electron chi connectivity index (χ3n) is 5.81. The number of anilines is 1. The first-order valence-corrected chi connectivity index (χ1v) is 10.3. The Labute approximate surface area is 181 Å². The second-order valence-corrected chi connectivity index (χ2v) is 7.76. The highest BCUT2D eigenvalue weighted by Crippen LogP contribution is 2.23. The first kappa shape index (κ1) is 20.1. The second kappa shape index (κ2) is 8.04. The van der Waals surface area contributed by atoms with E-state index in [-0.39, 0.29) is 11.3 Å². The number of carbonyl (C=O) groups is 1. The maximum absolute atomic E-state index is 14.5. The van der Waals surface area contributed by atoms with Gasteiger partial charge in [0.05, 0.1) is 11.1 Å². The summed E-state index contributed by atoms with van der Waals surface area (Å²) < 4.78 is 19.4. The van der Waals surface area contributed by atoms with Crippen LogP contribution in [0.3, 0.4) is 0 Å². The molecule has 0 unspecified atom stereocenters. The van der Waals surface area contributed by atoms with Gasteiger partial charge >= 0.3 is 0 Å². The van der Waals surface area contributed by atoms with Crippen molar-refractivity contribution in [3.8, 4) is 0 Å². The zero-order chi connectivity index (χ0) is 22.2. The Bertz CT molecular complexity index is 1370. The summed E-state index contributed by atoms with van der Waals surface area (Å²) in [5.41, 5.74) is 2.30. The lowest BCUT2D eigenvalue weighted by atomic mass is 10.1. The summed E-state index contributed by atoms with van der Waals surface area (Å²) in [6.07, 6.45) is 1.49. The number of aromatic nitrogens is 3. The lowest BCUT2D eigenvalue weighted by Gasteiger charge is -2.36. The molecule has 1 aliphatic heterocycles. The van der Waals surface area contributed by atoms with E-state index in [1.807, 2.05) is 23.1 Å². The molecule has 4 heterocycles. The van der Waals surface area contributed by atoms with Gasteiger partial charge in [0.1, 0.15) is 12.0 Å². The fraction of sp³-hybridized carbons (Fsp3) is 0.273. The van der Waals surface area contributed by atoms with Crippen molar-refractivity contribution in [1.82, 2.24) is 25.3 Å². The van der Waals surface area contributed by atoms with Crippen LogP contribution in [0.25, 0.3) is 21.8 Å². The number of pyridine rings is 2. The van der Waals surface area contributed by atoms with Gasteiger partial charge in [0.15, 0.2) is 5.52 Å². The molecule has 1 aliphatic rings. The van der Waals surface area contributed by atoms with Crippen LogP contribution in [0.4, 0.5) is 10.1 Å². The smallest absolute Gasteiger partial charge is 0.278 e. The predicted molar refractivity (Wildman–Crippen MR) is 117 cm³/mol. The zero-order valence-electron chi connectivity index (χ0n) is 17.4. The quantitative estimate of drug-likeness (QED) is 0.471. The second-order valence-electron chi connectivity index (χ2n) is 7.76. The average Bonchev–Trinajstić information content (AvgIpc) is 3.30. The number of aromatic amines is 1. The highest BCUT2D eigenvalue weighted by atomic mass is 19.1. The molecule has 0 saturated carbocycles. The van der Waals surface area contributed by atoms with E-state index in [4.69, 9.17) is 4.52 Å². The van der Waals surface area contributed by atoms with Gasteiger partial charge in [-0.3, -0.25) is 14.5 Å². The molecule has 9 nitrogen and oxygen atoms in total. The molecule has 32 heavy (non-hydrogen) atoms. The van der Waals surface area contributed by atoms with Gasteiger partial charge in [-0.15, -0.1) is 0 Å². The molecular formula is C22H21FN6O3. The van der Waals surface area contributed by atoms with Gasteiger partial charge in [0, 0.05) is 50.7 Å². The van der Waals surface area contributed by atoms with Crippen LogP contribution in [0.5, 0.6) is 0 Å². The number of nitrogens with one attached hydrogen (secondary N) is 2. The number of nitrogens with zero attached hydrogens (tertiary/aromatic N) is 4. The number of piperazine rings is 1. The molecule has 3 aromatic heterocycles. The summed E-state index contributed by atoms with van der Waals surface area (Å²) in [4.78, 5) is 34.7. The molecule has 1 fully saturated rings. The summed E-state index contributed by atoms with van der Waals surface area (Å²) in [6, 6.07) is 9.10. The standard InChI is InChI=1S/C22H21FN6O3/c1-24-21(30)16-4-5-18(20(23)25-16)29-8-6-28(7-9-29)11-13-2-3-14-15-12-32-27-19(15)22(31)26-17(14)10-13/h2-5,10,12H,6-9,11H2,1H3,(H,24,30)(H,26,31). The SMILES string of the molecule is CNC(=O)c1ccc(N2CCN(Cc3ccc4c(c3)[nH]c(=O)c3nocc34)CC2)c(F)n1. The predicted octanol–water partition coefficient (Wildman–Crippen LogP) is 1.89. The number of rotatable bonds is 4. The molecule has 1 amide bonds. The van der Waals surface area contributed by atoms with E-state index in [0.717, 1.165) is 29.6 Å². The summed E-state index contributed by atoms with van der Waals surface area (Å²) >= 11 is 0. The molecule has 0 radical (unpaired) electrons. The van der Waals surface area contributed by atoms with Crippen molar-refractivity contribution >= 4 is 33.4 Å². The number of H-pyrrole nitrogens is 1. The number of halogens is 1. The number of hydrogen-bond acceptors (Lipinski definition) is 7. The highest BCUT2D eigenvalue weighted by Gasteiger charge is 2.21. The Hall–Kier alpha value is -3.79. The topological polar surface area (TPSA) is 107 Å². The van der Waals surface area contributed by atoms with Crippen molar-refractivity contribution in [1.29, 1.82) is 0 Å². The van der Waals surface area contributed by atoms with E-state index in [1.165, 1.54) is 19.4 Å². The van der Waals surface area contributed by atoms with Crippen LogP contribution in [0.1, 0.15) is 16.1 Å². The maximum Gasteiger partial charge on any atom is 0.278 e. The van der Waals surface area contributed by atoms with Crippen molar-refractivity contribution in [2.45, 2.75) is 6.54 Å². The molecule has 2 N–H and O–H groups in total. The summed E-state index contributed by atoms with van der Waals surface area (Å²) in [5, 5.41) is 7.78. The summed E-state index contributed by atoms with van der Waals surface area (Å²) in [6.45, 7) is 3.49. The van der Waals surface area contributed by atoms with E-state index in [2.05, 4.69) is 25.3 Å². The largest absolute Gasteiger partial charge is 0.365 e. The van der Waals surface area contributed by atoms with E-state index in [0.29, 0.717) is 36.2 Å². The molecule has 5 rings (SSSR count). The van der Waals surface area contributed by atoms with Crippen LogP contribution in [-0.4, -0.2) is 59.2 Å². The van der Waals surface area contributed by atoms with E-state index in [9.17, 15) is 14.0 Å². The highest BCUT2D eigenvalue weighted by molar-refractivity contribution is 6.03. The van der Waals surface area contributed by atoms with E-state index < -0.39 is 11.9 Å². The maximum atomic E-state index is 14.5. The Balaban J connectivity index is 1.28. The Morgan fingerprint density at radius 3 is 2.75 bits per heavy atom. The number of amides is 1. The van der Waals surface area contributed by atoms with Gasteiger partial charge < -0.3 is 19.7 Å². The number of benzene rings is 1. The van der Waals surface area contributed by atoms with Gasteiger partial charge in [0.2, 0.25) is 5.95 Å². The Morgan fingerprint density at radius 2 is 2.00 bits per heavy atom. The molecule has 4 aromatic rings. The number of hydrogen-bond donors (Lipinski definition) is 2. The fourth-order valence-corrected chi connectivity index (χ4v) is 4.12. The molecular weight excluding hydrogens is 415 g/mol. The average molecular weight is 436 g/mol. The van der Waals surface area contributed by atoms with Crippen molar-refractivity contribution in [3.63, 3.8) is 0 Å². The van der Waals surface area contributed by atoms with Gasteiger partial charge in [-0.25, -0.2) is 4.98 Å². The number of carbonyl (C=O) groups excluding carboxylic acids is 1. The van der Waals surface area contributed by atoms with Crippen LogP contribution in [0.15, 0.2) is 45.9 Å². The molecule has 0 bridgehead atoms. The van der Waals surface area contributed by atoms with Crippen molar-refractivity contribution in [2.24, 2.45) is 0 Å². The van der Waals surface area contributed by atoms with Gasteiger partial charge in [-0.1, -0.05) is 17.3 Å². The summed E-state index contributed by atoms with van der Waals surface area (Å²) in [7, 11) is 1.48. The minimum atomic E-state index is -0.641. The van der Waals surface area contributed by atoms with Crippen LogP contribution in [0.2, 0.25) is 0 Å². The minimum absolute atomic E-state index is 0.0604. The van der Waals surface area contributed by atoms with Crippen molar-refractivity contribution in [3.05, 3.63) is 64.2 Å². The fourth-order valence-electron chi connectivity index (χ4n) is 4.12. The van der Waals surface area contributed by atoms with Crippen LogP contribution < -0.4 is 15.8 Å². The zero-order valence-corrected chi connectivity index (χ0v) is 17.4. The number of fused-ring (bicyclic) bond motifs is 3. The molecule has 1 saturated heterocycles. The third-order valence-corrected chi connectivity index (χ3v) is 5.81. The molecule has 10 heteroatoms. The monoisotopic (exact) mass is 436 g/mol. The van der Waals surface area contributed by atoms with Crippen LogP contribution in [-0.2, 0) is 6.54 Å². The van der Waals surface area contributed by atoms with Gasteiger partial charge in [0.25, 0.3) is 11.5 Å². The summed E-state index contributed by atoms with van der Waals surface area (Å²) in [5.74, 6) is -1.06. The van der Waals surface area contributed by atoms with Crippen molar-refractivity contribution in [2.75, 3.05) is 38.1 Å². The van der Waals surface area contributed by atoms with Crippen LogP contribution in [0, 0.1) is 5.95 Å². The van der Waals surface area contributed by atoms with Gasteiger partial charge in [-0.05, 0) is 23.8 Å². The normalized spacial score (nSPS) is 14.9. The Morgan fingerprint density at radius 1 is 1.19 bits per heavy atom. The lowest BCUT2D eigenvalue weighted by Crippen LogP contribution is -2.46. The lowest BCUT2D eigenvalue weighted by molar-refractivity contribution is 0.0957. The molecule has 1 aromatic carbocycles. The van der Waals surface area contributed by atoms with Gasteiger partial charge in [-0.2, -0.15) is 4.39 Å². The third kappa shape index (κ3) is 3.58. The molecule has 0 spiro atoms. The van der Waals surface area contributed by atoms with E-state index >= 15 is 0 Å². The first-order chi connectivity index (χ1) is 15.5. The van der Waals surface area contributed by atoms with Crippen LogP contribution >= 0.6 is 0 Å². The Kier molecular flexibility index (Phi) is 5.06. The minimum Gasteiger partial charge on any atom is -0.365 e. The molecule has 0 atom stereocenters. The first-order valence-electron chi connectivity index (χ1n) is 10.3. The molecule has 0 aliphatic carbocycles. The van der Waals surface area contributed by atoms with Crippen molar-refractivity contribution < 1.29 is 13.7 Å². The van der Waals surface area contributed by atoms with E-state index in [1.54, 1.807) is 6.07 Å². The molecule has 164 valence electrons.